The Morgan fingerprint density at radius 2 is 1.82 bits per heavy atom. The van der Waals surface area contributed by atoms with Crippen molar-refractivity contribution in [3.05, 3.63) is 75.7 Å². The van der Waals surface area contributed by atoms with Gasteiger partial charge in [-0.1, -0.05) is 29.8 Å². The highest BCUT2D eigenvalue weighted by Gasteiger charge is 2.33. The lowest BCUT2D eigenvalue weighted by Gasteiger charge is -2.18. The molecule has 0 spiro atoms. The minimum Gasteiger partial charge on any atom is -0.456 e. The van der Waals surface area contributed by atoms with Crippen molar-refractivity contribution >= 4 is 27.6 Å². The third-order valence-electron chi connectivity index (χ3n) is 4.33. The zero-order chi connectivity index (χ0) is 19.9. The van der Waals surface area contributed by atoms with Crippen LogP contribution in [0.25, 0.3) is 0 Å². The van der Waals surface area contributed by atoms with E-state index in [2.05, 4.69) is 4.98 Å². The molecule has 1 aliphatic heterocycles. The fourth-order valence-electron chi connectivity index (χ4n) is 2.99. The molecule has 0 aliphatic carbocycles. The first-order valence-corrected chi connectivity index (χ1v) is 10.3. The van der Waals surface area contributed by atoms with Gasteiger partial charge in [-0.05, 0) is 37.3 Å². The number of para-hydroxylation sites is 1. The van der Waals surface area contributed by atoms with Crippen LogP contribution in [0.5, 0.6) is 11.5 Å². The molecule has 0 fully saturated rings. The largest absolute Gasteiger partial charge is 0.456 e. The highest BCUT2D eigenvalue weighted by atomic mass is 35.5. The number of nitrogens with zero attached hydrogens (tertiary/aromatic N) is 3. The Kier molecular flexibility index (Phi) is 4.60. The van der Waals surface area contributed by atoms with Gasteiger partial charge in [-0.3, -0.25) is 9.36 Å². The molecule has 0 saturated carbocycles. The van der Waals surface area contributed by atoms with Crippen LogP contribution in [0.3, 0.4) is 0 Å². The van der Waals surface area contributed by atoms with Crippen molar-refractivity contribution in [2.75, 3.05) is 10.8 Å². The summed E-state index contributed by atoms with van der Waals surface area (Å²) in [4.78, 5) is 16.3. The number of rotatable bonds is 4. The molecular weight excluding hydrogens is 402 g/mol. The van der Waals surface area contributed by atoms with Crippen LogP contribution in [0.4, 0.5) is 5.95 Å². The van der Waals surface area contributed by atoms with E-state index in [1.165, 1.54) is 28.8 Å². The van der Waals surface area contributed by atoms with Gasteiger partial charge >= 0.3 is 0 Å². The third kappa shape index (κ3) is 3.25. The van der Waals surface area contributed by atoms with Crippen LogP contribution in [-0.2, 0) is 16.6 Å². The standard InChI is InChI=1S/C19H16ClN3O4S/c1-13-11-18(24)22-9-10-23(19(22)21-13)28(25,26)15-7-8-17(16(20)12-15)27-14-5-3-2-4-6-14/h2-8,11-12H,9-10H2,1H3. The van der Waals surface area contributed by atoms with E-state index in [4.69, 9.17) is 16.3 Å². The van der Waals surface area contributed by atoms with E-state index >= 15 is 0 Å². The predicted octanol–water partition coefficient (Wildman–Crippen LogP) is 3.21. The van der Waals surface area contributed by atoms with Gasteiger partial charge in [-0.15, -0.1) is 0 Å². The van der Waals surface area contributed by atoms with Crippen molar-refractivity contribution in [1.82, 2.24) is 9.55 Å². The summed E-state index contributed by atoms with van der Waals surface area (Å²) in [6.07, 6.45) is 0. The second-order valence-electron chi connectivity index (χ2n) is 6.27. The van der Waals surface area contributed by atoms with Crippen LogP contribution < -0.4 is 14.6 Å². The Morgan fingerprint density at radius 1 is 1.07 bits per heavy atom. The summed E-state index contributed by atoms with van der Waals surface area (Å²) in [7, 11) is -3.93. The van der Waals surface area contributed by atoms with Crippen LogP contribution in [0, 0.1) is 6.92 Å². The highest BCUT2D eigenvalue weighted by molar-refractivity contribution is 7.92. The van der Waals surface area contributed by atoms with Gasteiger partial charge in [0.1, 0.15) is 11.5 Å². The molecule has 0 saturated heterocycles. The highest BCUT2D eigenvalue weighted by Crippen LogP contribution is 2.33. The third-order valence-corrected chi connectivity index (χ3v) is 6.40. The summed E-state index contributed by atoms with van der Waals surface area (Å²) in [6, 6.07) is 14.7. The van der Waals surface area contributed by atoms with E-state index in [9.17, 15) is 13.2 Å². The average Bonchev–Trinajstić information content (AvgIpc) is 3.09. The summed E-state index contributed by atoms with van der Waals surface area (Å²) in [5.74, 6) is 1.05. The summed E-state index contributed by atoms with van der Waals surface area (Å²) in [5, 5.41) is 0.165. The molecule has 0 bridgehead atoms. The van der Waals surface area contributed by atoms with Gasteiger partial charge in [0, 0.05) is 18.3 Å². The van der Waals surface area contributed by atoms with Gasteiger partial charge in [0.05, 0.1) is 16.5 Å². The minimum absolute atomic E-state index is 0.00196. The van der Waals surface area contributed by atoms with E-state index in [0.29, 0.717) is 17.2 Å². The van der Waals surface area contributed by atoms with Crippen LogP contribution >= 0.6 is 11.6 Å². The number of aromatic nitrogens is 2. The monoisotopic (exact) mass is 417 g/mol. The average molecular weight is 418 g/mol. The van der Waals surface area contributed by atoms with Crippen molar-refractivity contribution < 1.29 is 13.2 Å². The van der Waals surface area contributed by atoms with Crippen molar-refractivity contribution in [2.24, 2.45) is 0 Å². The molecule has 1 aliphatic rings. The van der Waals surface area contributed by atoms with Gasteiger partial charge in [-0.25, -0.2) is 17.7 Å². The minimum atomic E-state index is -3.93. The fourth-order valence-corrected chi connectivity index (χ4v) is 4.71. The van der Waals surface area contributed by atoms with Gasteiger partial charge in [0.2, 0.25) is 5.95 Å². The van der Waals surface area contributed by atoms with Gasteiger partial charge in [0.15, 0.2) is 0 Å². The molecule has 144 valence electrons. The first kappa shape index (κ1) is 18.5. The van der Waals surface area contributed by atoms with Crippen LogP contribution in [0.1, 0.15) is 5.69 Å². The van der Waals surface area contributed by atoms with Gasteiger partial charge in [-0.2, -0.15) is 0 Å². The van der Waals surface area contributed by atoms with Crippen molar-refractivity contribution in [2.45, 2.75) is 18.4 Å². The lowest BCUT2D eigenvalue weighted by atomic mass is 10.3. The Labute approximate surface area is 166 Å². The maximum Gasteiger partial charge on any atom is 0.266 e. The molecule has 0 atom stereocenters. The molecule has 0 N–H and O–H groups in total. The Hall–Kier alpha value is -2.84. The number of halogens is 1. The number of fused-ring (bicyclic) bond motifs is 1. The number of hydrogen-bond donors (Lipinski definition) is 0. The zero-order valence-electron chi connectivity index (χ0n) is 14.9. The zero-order valence-corrected chi connectivity index (χ0v) is 16.4. The van der Waals surface area contributed by atoms with E-state index in [1.807, 2.05) is 18.2 Å². The molecule has 2 heterocycles. The summed E-state index contributed by atoms with van der Waals surface area (Å²) < 4.78 is 34.4. The van der Waals surface area contributed by atoms with Crippen molar-refractivity contribution in [1.29, 1.82) is 0 Å². The predicted molar refractivity (Wildman–Crippen MR) is 106 cm³/mol. The molecular formula is C19H16ClN3O4S. The quantitative estimate of drug-likeness (QED) is 0.651. The molecule has 0 unspecified atom stereocenters. The molecule has 7 nitrogen and oxygen atoms in total. The maximum absolute atomic E-state index is 13.1. The van der Waals surface area contributed by atoms with Crippen molar-refractivity contribution in [3.63, 3.8) is 0 Å². The normalized spacial score (nSPS) is 13.4. The maximum atomic E-state index is 13.1. The summed E-state index contributed by atoms with van der Waals surface area (Å²) in [5.41, 5.74) is 0.188. The Balaban J connectivity index is 1.68. The van der Waals surface area contributed by atoms with Crippen LogP contribution in [0.2, 0.25) is 5.02 Å². The number of hydrogen-bond acceptors (Lipinski definition) is 5. The number of aryl methyl sites for hydroxylation is 1. The fraction of sp³-hybridized carbons (Fsp3) is 0.158. The number of benzene rings is 2. The van der Waals surface area contributed by atoms with Crippen LogP contribution in [0.15, 0.2) is 64.3 Å². The SMILES string of the molecule is Cc1cc(=O)n2c(n1)N(S(=O)(=O)c1ccc(Oc3ccccc3)c(Cl)c1)CC2. The Morgan fingerprint density at radius 3 is 2.54 bits per heavy atom. The van der Waals surface area contributed by atoms with Gasteiger partial charge < -0.3 is 4.74 Å². The lowest BCUT2D eigenvalue weighted by Crippen LogP contribution is -2.30. The first-order valence-electron chi connectivity index (χ1n) is 8.50. The molecule has 1 aromatic heterocycles. The molecule has 9 heteroatoms. The summed E-state index contributed by atoms with van der Waals surface area (Å²) in [6.45, 7) is 2.04. The van der Waals surface area contributed by atoms with E-state index in [1.54, 1.807) is 19.1 Å². The first-order chi connectivity index (χ1) is 13.4. The topological polar surface area (TPSA) is 81.5 Å². The molecule has 28 heavy (non-hydrogen) atoms. The van der Waals surface area contributed by atoms with Gasteiger partial charge in [0.25, 0.3) is 15.6 Å². The lowest BCUT2D eigenvalue weighted by molar-refractivity contribution is 0.482. The number of anilines is 1. The molecule has 4 rings (SSSR count). The smallest absolute Gasteiger partial charge is 0.266 e. The van der Waals surface area contributed by atoms with E-state index in [0.717, 1.165) is 4.31 Å². The molecule has 0 amide bonds. The van der Waals surface area contributed by atoms with E-state index in [-0.39, 0.29) is 34.5 Å². The van der Waals surface area contributed by atoms with Crippen molar-refractivity contribution in [3.8, 4) is 11.5 Å². The molecule has 2 aromatic carbocycles. The van der Waals surface area contributed by atoms with E-state index < -0.39 is 10.0 Å². The number of ether oxygens (including phenoxy) is 1. The molecule has 0 radical (unpaired) electrons. The Bertz CT molecular complexity index is 1210. The summed E-state index contributed by atoms with van der Waals surface area (Å²) >= 11 is 6.26. The second-order valence-corrected chi connectivity index (χ2v) is 8.54. The number of sulfonamides is 1. The van der Waals surface area contributed by atoms with Crippen LogP contribution in [-0.4, -0.2) is 24.5 Å². The second kappa shape index (κ2) is 6.96. The molecule has 3 aromatic rings.